The van der Waals surface area contributed by atoms with Crippen molar-refractivity contribution in [2.75, 3.05) is 0 Å². The smallest absolute Gasteiger partial charge is 0.258 e. The minimum absolute atomic E-state index is 0.233. The first-order valence-electron chi connectivity index (χ1n) is 8.29. The molecule has 0 fully saturated rings. The van der Waals surface area contributed by atoms with Gasteiger partial charge in [0.25, 0.3) is 5.91 Å². The van der Waals surface area contributed by atoms with E-state index in [1.807, 2.05) is 17.5 Å². The van der Waals surface area contributed by atoms with Crippen molar-refractivity contribution in [3.8, 4) is 0 Å². The van der Waals surface area contributed by atoms with Gasteiger partial charge < -0.3 is 10.5 Å². The Morgan fingerprint density at radius 1 is 1.20 bits per heavy atom. The van der Waals surface area contributed by atoms with Gasteiger partial charge in [-0.3, -0.25) is 4.79 Å². The number of amides is 1. The van der Waals surface area contributed by atoms with Crippen molar-refractivity contribution in [2.24, 2.45) is 0 Å². The largest absolute Gasteiger partial charge is 0.619 e. The van der Waals surface area contributed by atoms with Gasteiger partial charge in [-0.1, -0.05) is 43.7 Å². The molecule has 4 nitrogen and oxygen atoms in total. The maximum absolute atomic E-state index is 12.6. The van der Waals surface area contributed by atoms with Crippen LogP contribution in [-0.4, -0.2) is 5.91 Å². The van der Waals surface area contributed by atoms with E-state index in [0.29, 0.717) is 10.3 Å². The number of benzene rings is 1. The van der Waals surface area contributed by atoms with E-state index in [1.54, 1.807) is 23.5 Å². The highest BCUT2D eigenvalue weighted by Crippen LogP contribution is 2.27. The number of thiophene rings is 1. The predicted molar refractivity (Wildman–Crippen MR) is 99.5 cm³/mol. The molecule has 0 aliphatic carbocycles. The Morgan fingerprint density at radius 3 is 2.64 bits per heavy atom. The molecule has 1 atom stereocenters. The first-order chi connectivity index (χ1) is 12.2. The minimum atomic E-state index is -0.263. The highest BCUT2D eigenvalue weighted by molar-refractivity contribution is 7.10. The van der Waals surface area contributed by atoms with Crippen LogP contribution in [0.15, 0.2) is 66.3 Å². The second kappa shape index (κ2) is 7.94. The quantitative estimate of drug-likeness (QED) is 0.541. The van der Waals surface area contributed by atoms with E-state index in [9.17, 15) is 10.0 Å². The second-order valence-electron chi connectivity index (χ2n) is 5.87. The summed E-state index contributed by atoms with van der Waals surface area (Å²) in [7, 11) is 0. The van der Waals surface area contributed by atoms with Crippen LogP contribution in [0.3, 0.4) is 0 Å². The van der Waals surface area contributed by atoms with Gasteiger partial charge in [0.1, 0.15) is 5.56 Å². The number of hydrogen-bond acceptors (Lipinski definition) is 3. The molecule has 1 aromatic carbocycles. The molecule has 0 saturated heterocycles. The fraction of sp³-hybridized carbons (Fsp3) is 0.200. The number of aryl methyl sites for hydroxylation is 1. The molecule has 0 aliphatic rings. The number of hydrogen-bond donors (Lipinski definition) is 1. The Balaban J connectivity index is 1.86. The number of rotatable bonds is 6. The van der Waals surface area contributed by atoms with Gasteiger partial charge in [-0.15, -0.1) is 11.3 Å². The monoisotopic (exact) mass is 352 g/mol. The van der Waals surface area contributed by atoms with Crippen molar-refractivity contribution in [1.29, 1.82) is 0 Å². The first-order valence-corrected chi connectivity index (χ1v) is 9.17. The van der Waals surface area contributed by atoms with Gasteiger partial charge in [0.2, 0.25) is 0 Å². The van der Waals surface area contributed by atoms with E-state index in [0.717, 1.165) is 23.3 Å². The summed E-state index contributed by atoms with van der Waals surface area (Å²) in [6.45, 7) is 2.16. The third kappa shape index (κ3) is 4.25. The predicted octanol–water partition coefficient (Wildman–Crippen LogP) is 3.85. The molecule has 2 heterocycles. The molecular weight excluding hydrogens is 332 g/mol. The van der Waals surface area contributed by atoms with Crippen LogP contribution in [0, 0.1) is 5.21 Å². The third-order valence-electron chi connectivity index (χ3n) is 3.99. The summed E-state index contributed by atoms with van der Waals surface area (Å²) in [6.07, 6.45) is 4.79. The second-order valence-corrected chi connectivity index (χ2v) is 6.85. The van der Waals surface area contributed by atoms with Crippen molar-refractivity contribution in [1.82, 2.24) is 5.32 Å². The summed E-state index contributed by atoms with van der Waals surface area (Å²) < 4.78 is 0.634. The minimum Gasteiger partial charge on any atom is -0.619 e. The van der Waals surface area contributed by atoms with Crippen LogP contribution in [0.1, 0.15) is 45.7 Å². The summed E-state index contributed by atoms with van der Waals surface area (Å²) in [6, 6.07) is 15.3. The first kappa shape index (κ1) is 17.2. The highest BCUT2D eigenvalue weighted by atomic mass is 32.1. The zero-order chi connectivity index (χ0) is 17.6. The van der Waals surface area contributed by atoms with Crippen molar-refractivity contribution in [2.45, 2.75) is 25.8 Å². The highest BCUT2D eigenvalue weighted by Gasteiger charge is 2.19. The molecule has 0 saturated carbocycles. The molecule has 0 radical (unpaired) electrons. The maximum atomic E-state index is 12.6. The number of aromatic nitrogens is 1. The zero-order valence-corrected chi connectivity index (χ0v) is 14.8. The third-order valence-corrected chi connectivity index (χ3v) is 4.93. The van der Waals surface area contributed by atoms with E-state index in [-0.39, 0.29) is 11.9 Å². The molecule has 1 amide bonds. The molecule has 1 unspecified atom stereocenters. The van der Waals surface area contributed by atoms with E-state index < -0.39 is 0 Å². The van der Waals surface area contributed by atoms with Gasteiger partial charge in [0.05, 0.1) is 6.04 Å². The van der Waals surface area contributed by atoms with Crippen molar-refractivity contribution >= 4 is 17.2 Å². The molecule has 1 N–H and O–H groups in total. The van der Waals surface area contributed by atoms with E-state index in [1.165, 1.54) is 18.0 Å². The van der Waals surface area contributed by atoms with Gasteiger partial charge in [0, 0.05) is 10.9 Å². The van der Waals surface area contributed by atoms with E-state index in [4.69, 9.17) is 0 Å². The average molecular weight is 352 g/mol. The molecule has 5 heteroatoms. The summed E-state index contributed by atoms with van der Waals surface area (Å²) in [5, 5.41) is 16.5. The summed E-state index contributed by atoms with van der Waals surface area (Å²) in [5.74, 6) is -0.263. The van der Waals surface area contributed by atoms with Crippen LogP contribution < -0.4 is 10.0 Å². The summed E-state index contributed by atoms with van der Waals surface area (Å²) in [4.78, 5) is 13.6. The number of carbonyl (C=O) groups is 1. The van der Waals surface area contributed by atoms with Crippen LogP contribution in [0.4, 0.5) is 0 Å². The van der Waals surface area contributed by atoms with Crippen LogP contribution in [0.5, 0.6) is 0 Å². The number of carbonyl (C=O) groups excluding carboxylic acids is 1. The fourth-order valence-corrected chi connectivity index (χ4v) is 3.55. The molecule has 0 bridgehead atoms. The molecule has 25 heavy (non-hydrogen) atoms. The topological polar surface area (TPSA) is 56.0 Å². The summed E-state index contributed by atoms with van der Waals surface area (Å²) in [5.41, 5.74) is 2.67. The van der Waals surface area contributed by atoms with Crippen LogP contribution in [-0.2, 0) is 6.42 Å². The van der Waals surface area contributed by atoms with Gasteiger partial charge in [-0.25, -0.2) is 0 Å². The maximum Gasteiger partial charge on any atom is 0.258 e. The molecule has 128 valence electrons. The van der Waals surface area contributed by atoms with Crippen LogP contribution >= 0.6 is 11.3 Å². The lowest BCUT2D eigenvalue weighted by Gasteiger charge is -2.18. The zero-order valence-electron chi connectivity index (χ0n) is 14.0. The van der Waals surface area contributed by atoms with E-state index >= 15 is 0 Å². The van der Waals surface area contributed by atoms with E-state index in [2.05, 4.69) is 36.5 Å². The number of nitrogens with one attached hydrogen (secondary N) is 1. The van der Waals surface area contributed by atoms with Crippen molar-refractivity contribution in [3.63, 3.8) is 0 Å². The van der Waals surface area contributed by atoms with Gasteiger partial charge in [-0.05, 0) is 35.1 Å². The molecule has 2 aromatic heterocycles. The lowest BCUT2D eigenvalue weighted by Crippen LogP contribution is -2.32. The number of pyridine rings is 1. The molecular formula is C20H20N2O2S. The Morgan fingerprint density at radius 2 is 2.00 bits per heavy atom. The molecule has 3 aromatic rings. The standard InChI is InChI=1S/C20H20N2O2S/c1-2-5-15-8-10-16(11-9-15)19(18-7-4-13-25-18)21-20(23)17-6-3-12-22(24)14-17/h3-4,6-14,19H,2,5H2,1H3,(H,21,23). The lowest BCUT2D eigenvalue weighted by atomic mass is 10.0. The van der Waals surface area contributed by atoms with Crippen LogP contribution in [0.25, 0.3) is 0 Å². The van der Waals surface area contributed by atoms with Crippen molar-refractivity contribution < 1.29 is 9.52 Å². The Bertz CT molecular complexity index is 829. The van der Waals surface area contributed by atoms with Gasteiger partial charge in [0.15, 0.2) is 12.4 Å². The molecule has 0 aliphatic heterocycles. The normalized spacial score (nSPS) is 11.9. The van der Waals surface area contributed by atoms with Crippen molar-refractivity contribution in [3.05, 3.63) is 93.1 Å². The fourth-order valence-electron chi connectivity index (χ4n) is 2.74. The lowest BCUT2D eigenvalue weighted by molar-refractivity contribution is -0.605. The Labute approximate surface area is 151 Å². The van der Waals surface area contributed by atoms with Crippen LogP contribution in [0.2, 0.25) is 0 Å². The molecule has 3 rings (SSSR count). The Kier molecular flexibility index (Phi) is 5.46. The Hall–Kier alpha value is -2.66. The summed E-state index contributed by atoms with van der Waals surface area (Å²) >= 11 is 1.60. The average Bonchev–Trinajstić information content (AvgIpc) is 3.15. The van der Waals surface area contributed by atoms with Gasteiger partial charge in [-0.2, -0.15) is 4.73 Å². The number of nitrogens with zero attached hydrogens (tertiary/aromatic N) is 1. The molecule has 0 spiro atoms. The van der Waals surface area contributed by atoms with Gasteiger partial charge >= 0.3 is 0 Å². The SMILES string of the molecule is CCCc1ccc(C(NC(=O)c2ccc[n+]([O-])c2)c2cccs2)cc1.